The van der Waals surface area contributed by atoms with E-state index < -0.39 is 47.7 Å². The topological polar surface area (TPSA) is 0 Å². The van der Waals surface area contributed by atoms with Crippen molar-refractivity contribution in [3.05, 3.63) is 35.4 Å². The van der Waals surface area contributed by atoms with Crippen LogP contribution in [0.15, 0.2) is 24.3 Å². The van der Waals surface area contributed by atoms with Gasteiger partial charge in [0, 0.05) is 11.1 Å². The molecule has 0 saturated heterocycles. The van der Waals surface area contributed by atoms with Crippen LogP contribution in [-0.2, 0) is 11.3 Å². The molecule has 0 aromatic heterocycles. The highest BCUT2D eigenvalue weighted by Gasteiger charge is 2.70. The summed E-state index contributed by atoms with van der Waals surface area (Å²) in [7, 11) is 0. The van der Waals surface area contributed by atoms with Crippen LogP contribution in [0.2, 0.25) is 0 Å². The lowest BCUT2D eigenvalue weighted by atomic mass is 9.83. The normalized spacial score (nSPS) is 18.6. The Morgan fingerprint density at radius 3 is 0.958 bits per heavy atom. The lowest BCUT2D eigenvalue weighted by Gasteiger charge is -2.34. The number of hydrogen-bond acceptors (Lipinski definition) is 0. The predicted molar refractivity (Wildman–Crippen MR) is 56.1 cm³/mol. The van der Waals surface area contributed by atoms with Crippen molar-refractivity contribution in [1.29, 1.82) is 0 Å². The summed E-state index contributed by atoms with van der Waals surface area (Å²) in [6.45, 7) is 0. The minimum atomic E-state index is -6.49. The van der Waals surface area contributed by atoms with Gasteiger partial charge in [-0.15, -0.1) is 0 Å². The molecule has 0 radical (unpaired) electrons. The van der Waals surface area contributed by atoms with Gasteiger partial charge in [-0.05, 0) is 0 Å². The van der Waals surface area contributed by atoms with E-state index in [1.807, 2.05) is 0 Å². The number of alkyl halides is 12. The van der Waals surface area contributed by atoms with Gasteiger partial charge in [-0.25, -0.2) is 26.3 Å². The van der Waals surface area contributed by atoms with Gasteiger partial charge < -0.3 is 0 Å². The van der Waals surface area contributed by atoms with Gasteiger partial charge in [0.25, 0.3) is 24.2 Å². The molecule has 24 heavy (non-hydrogen) atoms. The first-order valence-corrected chi connectivity index (χ1v) is 5.79. The standard InChI is InChI=1S/C12H6F12/c13-7(14)9(17,11(19,20)21)5-3-1-2-4-6(5)10(18,8(15)16)12(22,23)24/h1-4,7-8H. The number of hydrogen-bond donors (Lipinski definition) is 0. The molecule has 1 aromatic rings. The van der Waals surface area contributed by atoms with E-state index in [0.29, 0.717) is 12.1 Å². The molecule has 0 aliphatic rings. The summed E-state index contributed by atoms with van der Waals surface area (Å²) in [6, 6.07) is 0.252. The minimum Gasteiger partial charge on any atom is -0.222 e. The van der Waals surface area contributed by atoms with Crippen LogP contribution < -0.4 is 0 Å². The van der Waals surface area contributed by atoms with Crippen molar-refractivity contribution >= 4 is 0 Å². The Kier molecular flexibility index (Phi) is 5.13. The summed E-state index contributed by atoms with van der Waals surface area (Å²) in [5, 5.41) is 0. The van der Waals surface area contributed by atoms with Gasteiger partial charge in [-0.3, -0.25) is 0 Å². The molecule has 0 aliphatic heterocycles. The quantitative estimate of drug-likeness (QED) is 0.593. The van der Waals surface area contributed by atoms with Crippen LogP contribution in [0.1, 0.15) is 11.1 Å². The third kappa shape index (κ3) is 2.90. The van der Waals surface area contributed by atoms with Crippen molar-refractivity contribution in [2.24, 2.45) is 0 Å². The van der Waals surface area contributed by atoms with Crippen LogP contribution in [-0.4, -0.2) is 25.2 Å². The van der Waals surface area contributed by atoms with Gasteiger partial charge in [0.05, 0.1) is 0 Å². The van der Waals surface area contributed by atoms with Crippen LogP contribution in [0.25, 0.3) is 0 Å². The van der Waals surface area contributed by atoms with Crippen LogP contribution in [0.3, 0.4) is 0 Å². The smallest absolute Gasteiger partial charge is 0.222 e. The number of halogens is 12. The predicted octanol–water partition coefficient (Wildman–Crippen LogP) is 5.67. The first kappa shape index (κ1) is 20.4. The molecular formula is C12H6F12. The average molecular weight is 378 g/mol. The zero-order valence-corrected chi connectivity index (χ0v) is 11.0. The highest BCUT2D eigenvalue weighted by molar-refractivity contribution is 5.40. The van der Waals surface area contributed by atoms with Crippen molar-refractivity contribution in [2.75, 3.05) is 0 Å². The summed E-state index contributed by atoms with van der Waals surface area (Å²) in [6.07, 6.45) is -23.0. The Bertz CT molecular complexity index is 523. The molecule has 0 fully saturated rings. The Morgan fingerprint density at radius 1 is 0.542 bits per heavy atom. The molecule has 2 unspecified atom stereocenters. The summed E-state index contributed by atoms with van der Waals surface area (Å²) in [5.74, 6) is 0. The van der Waals surface area contributed by atoms with E-state index in [1.165, 1.54) is 0 Å². The van der Waals surface area contributed by atoms with Gasteiger partial charge >= 0.3 is 12.4 Å². The van der Waals surface area contributed by atoms with Crippen molar-refractivity contribution in [1.82, 2.24) is 0 Å². The maximum absolute atomic E-state index is 13.9. The number of rotatable bonds is 4. The third-order valence-corrected chi connectivity index (χ3v) is 3.14. The van der Waals surface area contributed by atoms with Gasteiger partial charge in [-0.2, -0.15) is 26.3 Å². The molecule has 138 valence electrons. The molecule has 0 saturated carbocycles. The van der Waals surface area contributed by atoms with E-state index >= 15 is 0 Å². The number of benzene rings is 1. The van der Waals surface area contributed by atoms with E-state index in [4.69, 9.17) is 0 Å². The molecule has 0 amide bonds. The summed E-state index contributed by atoms with van der Waals surface area (Å²) >= 11 is 0. The maximum atomic E-state index is 13.9. The average Bonchev–Trinajstić information content (AvgIpc) is 2.42. The highest BCUT2D eigenvalue weighted by Crippen LogP contribution is 2.54. The highest BCUT2D eigenvalue weighted by atomic mass is 19.4. The van der Waals surface area contributed by atoms with Crippen molar-refractivity contribution in [2.45, 2.75) is 36.5 Å². The van der Waals surface area contributed by atoms with Crippen LogP contribution >= 0.6 is 0 Å². The molecule has 0 heterocycles. The molecule has 0 bridgehead atoms. The molecule has 0 aliphatic carbocycles. The van der Waals surface area contributed by atoms with Crippen molar-refractivity contribution in [3.8, 4) is 0 Å². The Morgan fingerprint density at radius 2 is 0.792 bits per heavy atom. The van der Waals surface area contributed by atoms with Crippen LogP contribution in [0, 0.1) is 0 Å². The molecule has 0 nitrogen and oxygen atoms in total. The molecule has 1 aromatic carbocycles. The Hall–Kier alpha value is -1.62. The Labute approximate surface area is 126 Å². The summed E-state index contributed by atoms with van der Waals surface area (Å²) < 4.78 is 154. The fraction of sp³-hybridized carbons (Fsp3) is 0.500. The van der Waals surface area contributed by atoms with Gasteiger partial charge in [0.15, 0.2) is 0 Å². The van der Waals surface area contributed by atoms with Crippen molar-refractivity contribution < 1.29 is 52.7 Å². The molecule has 12 heteroatoms. The van der Waals surface area contributed by atoms with Gasteiger partial charge in [0.1, 0.15) is 0 Å². The minimum absolute atomic E-state index is 0.253. The molecular weight excluding hydrogens is 372 g/mol. The summed E-state index contributed by atoms with van der Waals surface area (Å²) in [4.78, 5) is 0. The van der Waals surface area contributed by atoms with Crippen LogP contribution in [0.5, 0.6) is 0 Å². The second kappa shape index (κ2) is 6.03. The fourth-order valence-electron chi connectivity index (χ4n) is 1.91. The molecule has 0 spiro atoms. The van der Waals surface area contributed by atoms with Gasteiger partial charge in [-0.1, -0.05) is 24.3 Å². The lowest BCUT2D eigenvalue weighted by molar-refractivity contribution is -0.285. The van der Waals surface area contributed by atoms with Crippen molar-refractivity contribution in [3.63, 3.8) is 0 Å². The lowest BCUT2D eigenvalue weighted by Crippen LogP contribution is -2.50. The van der Waals surface area contributed by atoms with E-state index in [1.54, 1.807) is 0 Å². The van der Waals surface area contributed by atoms with Crippen LogP contribution in [0.4, 0.5) is 52.7 Å². The van der Waals surface area contributed by atoms with E-state index in [0.717, 1.165) is 0 Å². The second-order valence-corrected chi connectivity index (χ2v) is 4.57. The largest absolute Gasteiger partial charge is 0.432 e. The monoisotopic (exact) mass is 378 g/mol. The fourth-order valence-corrected chi connectivity index (χ4v) is 1.91. The molecule has 2 atom stereocenters. The van der Waals surface area contributed by atoms with E-state index in [-0.39, 0.29) is 12.1 Å². The van der Waals surface area contributed by atoms with Gasteiger partial charge in [0.2, 0.25) is 0 Å². The summed E-state index contributed by atoms with van der Waals surface area (Å²) in [5.41, 5.74) is -16.7. The first-order chi connectivity index (χ1) is 10.6. The molecule has 1 rings (SSSR count). The van der Waals surface area contributed by atoms with E-state index in [2.05, 4.69) is 0 Å². The zero-order chi connectivity index (χ0) is 19.1. The Balaban J connectivity index is 3.85. The molecule has 0 N–H and O–H groups in total. The maximum Gasteiger partial charge on any atom is 0.432 e. The second-order valence-electron chi connectivity index (χ2n) is 4.57. The zero-order valence-electron chi connectivity index (χ0n) is 11.0. The van der Waals surface area contributed by atoms with E-state index in [9.17, 15) is 52.7 Å². The third-order valence-electron chi connectivity index (χ3n) is 3.14. The SMILES string of the molecule is FC(F)C(F)(c1ccccc1C(F)(C(F)F)C(F)(F)F)C(F)(F)F. The first-order valence-electron chi connectivity index (χ1n) is 5.79.